The van der Waals surface area contributed by atoms with Crippen LogP contribution >= 0.6 is 0 Å². The summed E-state index contributed by atoms with van der Waals surface area (Å²) in [5.74, 6) is 0. The molecule has 0 heterocycles. The van der Waals surface area contributed by atoms with Crippen molar-refractivity contribution in [2.24, 2.45) is 0 Å². The van der Waals surface area contributed by atoms with Gasteiger partial charge >= 0.3 is 0 Å². The zero-order valence-corrected chi connectivity index (χ0v) is 8.02. The first-order chi connectivity index (χ1) is 5.08. The molecule has 0 saturated heterocycles. The summed E-state index contributed by atoms with van der Waals surface area (Å²) in [4.78, 5) is 0. The van der Waals surface area contributed by atoms with Gasteiger partial charge in [0.1, 0.15) is 0 Å². The highest BCUT2D eigenvalue weighted by atomic mass is 16.5. The summed E-state index contributed by atoms with van der Waals surface area (Å²) in [6, 6.07) is 0. The molecule has 1 saturated carbocycles. The van der Waals surface area contributed by atoms with Gasteiger partial charge in [-0.05, 0) is 33.6 Å². The Kier molecular flexibility index (Phi) is 2.94. The van der Waals surface area contributed by atoms with E-state index in [1.54, 1.807) is 0 Å². The maximum atomic E-state index is 5.88. The van der Waals surface area contributed by atoms with Crippen molar-refractivity contribution in [1.82, 2.24) is 0 Å². The van der Waals surface area contributed by atoms with Crippen molar-refractivity contribution in [2.75, 3.05) is 0 Å². The quantitative estimate of drug-likeness (QED) is 0.566. The molecule has 0 amide bonds. The standard InChI is InChI=1S/C10H20O/c1-10(2,3)11-9-7-5-4-6-8-9/h9H,4-8H2,1-3H3. The van der Waals surface area contributed by atoms with E-state index >= 15 is 0 Å². The molecule has 0 spiro atoms. The lowest BCUT2D eigenvalue weighted by molar-refractivity contribution is -0.0732. The van der Waals surface area contributed by atoms with Gasteiger partial charge in [-0.3, -0.25) is 0 Å². The van der Waals surface area contributed by atoms with Crippen molar-refractivity contribution < 1.29 is 4.74 Å². The Morgan fingerprint density at radius 3 is 2.00 bits per heavy atom. The van der Waals surface area contributed by atoms with Gasteiger partial charge < -0.3 is 4.74 Å². The molecule has 66 valence electrons. The van der Waals surface area contributed by atoms with E-state index in [1.165, 1.54) is 32.1 Å². The molecule has 0 unspecified atom stereocenters. The maximum absolute atomic E-state index is 5.88. The van der Waals surface area contributed by atoms with Gasteiger partial charge in [0, 0.05) is 0 Å². The molecular formula is C10H20O. The molecule has 1 nitrogen and oxygen atoms in total. The van der Waals surface area contributed by atoms with Crippen molar-refractivity contribution in [1.29, 1.82) is 0 Å². The normalized spacial score (nSPS) is 22.1. The van der Waals surface area contributed by atoms with Crippen LogP contribution in [0.15, 0.2) is 0 Å². The maximum Gasteiger partial charge on any atom is 0.0602 e. The predicted octanol–water partition coefficient (Wildman–Crippen LogP) is 3.13. The molecule has 0 aromatic carbocycles. The van der Waals surface area contributed by atoms with Gasteiger partial charge in [0.05, 0.1) is 11.7 Å². The van der Waals surface area contributed by atoms with E-state index in [4.69, 9.17) is 4.74 Å². The lowest BCUT2D eigenvalue weighted by atomic mass is 9.97. The smallest absolute Gasteiger partial charge is 0.0602 e. The molecule has 0 aromatic heterocycles. The van der Waals surface area contributed by atoms with E-state index < -0.39 is 0 Å². The molecule has 11 heavy (non-hydrogen) atoms. The molecule has 1 fully saturated rings. The van der Waals surface area contributed by atoms with Gasteiger partial charge in [0.2, 0.25) is 0 Å². The van der Waals surface area contributed by atoms with E-state index in [0.29, 0.717) is 6.10 Å². The summed E-state index contributed by atoms with van der Waals surface area (Å²) >= 11 is 0. The third kappa shape index (κ3) is 3.76. The SMILES string of the molecule is CC(C)(C)OC1CCCCC1. The monoisotopic (exact) mass is 156 g/mol. The number of rotatable bonds is 1. The second-order valence-electron chi connectivity index (χ2n) is 4.49. The molecule has 1 rings (SSSR count). The van der Waals surface area contributed by atoms with Crippen LogP contribution in [0.4, 0.5) is 0 Å². The minimum atomic E-state index is 0.0575. The first-order valence-corrected chi connectivity index (χ1v) is 4.76. The Morgan fingerprint density at radius 2 is 1.55 bits per heavy atom. The van der Waals surface area contributed by atoms with Crippen LogP contribution < -0.4 is 0 Å². The molecule has 0 N–H and O–H groups in total. The average Bonchev–Trinajstić information content (AvgIpc) is 1.85. The first kappa shape index (κ1) is 9.05. The van der Waals surface area contributed by atoms with Gasteiger partial charge in [-0.2, -0.15) is 0 Å². The van der Waals surface area contributed by atoms with E-state index in [1.807, 2.05) is 0 Å². The van der Waals surface area contributed by atoms with Crippen molar-refractivity contribution >= 4 is 0 Å². The van der Waals surface area contributed by atoms with E-state index in [-0.39, 0.29) is 5.60 Å². The largest absolute Gasteiger partial charge is 0.373 e. The predicted molar refractivity (Wildman–Crippen MR) is 47.7 cm³/mol. The van der Waals surface area contributed by atoms with Crippen LogP contribution in [0.25, 0.3) is 0 Å². The zero-order chi connectivity index (χ0) is 8.32. The summed E-state index contributed by atoms with van der Waals surface area (Å²) in [5.41, 5.74) is 0.0575. The highest BCUT2D eigenvalue weighted by molar-refractivity contribution is 4.70. The molecule has 1 aliphatic rings. The fourth-order valence-corrected chi connectivity index (χ4v) is 1.68. The molecule has 1 aliphatic carbocycles. The molecule has 1 heteroatoms. The zero-order valence-electron chi connectivity index (χ0n) is 8.02. The van der Waals surface area contributed by atoms with Crippen molar-refractivity contribution in [2.45, 2.75) is 64.6 Å². The third-order valence-electron chi connectivity index (χ3n) is 2.07. The van der Waals surface area contributed by atoms with Crippen LogP contribution in [0.5, 0.6) is 0 Å². The fraction of sp³-hybridized carbons (Fsp3) is 1.00. The number of ether oxygens (including phenoxy) is 1. The van der Waals surface area contributed by atoms with Gasteiger partial charge in [-0.25, -0.2) is 0 Å². The molecule has 0 aromatic rings. The van der Waals surface area contributed by atoms with Crippen LogP contribution in [-0.4, -0.2) is 11.7 Å². The van der Waals surface area contributed by atoms with Crippen LogP contribution in [0.3, 0.4) is 0 Å². The summed E-state index contributed by atoms with van der Waals surface area (Å²) in [7, 11) is 0. The Balaban J connectivity index is 2.24. The van der Waals surface area contributed by atoms with Crippen molar-refractivity contribution in [3.63, 3.8) is 0 Å². The molecule has 0 aliphatic heterocycles. The summed E-state index contributed by atoms with van der Waals surface area (Å²) < 4.78 is 5.88. The highest BCUT2D eigenvalue weighted by Gasteiger charge is 2.20. The Morgan fingerprint density at radius 1 is 1.00 bits per heavy atom. The molecule has 0 radical (unpaired) electrons. The topological polar surface area (TPSA) is 9.23 Å². The van der Waals surface area contributed by atoms with Crippen LogP contribution in [0, 0.1) is 0 Å². The van der Waals surface area contributed by atoms with Crippen molar-refractivity contribution in [3.8, 4) is 0 Å². The van der Waals surface area contributed by atoms with Gasteiger partial charge in [0.25, 0.3) is 0 Å². The van der Waals surface area contributed by atoms with Crippen LogP contribution in [0.1, 0.15) is 52.9 Å². The Hall–Kier alpha value is -0.0400. The summed E-state index contributed by atoms with van der Waals surface area (Å²) in [6.07, 6.45) is 7.23. The lowest BCUT2D eigenvalue weighted by Crippen LogP contribution is -2.28. The second-order valence-corrected chi connectivity index (χ2v) is 4.49. The van der Waals surface area contributed by atoms with Gasteiger partial charge in [-0.15, -0.1) is 0 Å². The summed E-state index contributed by atoms with van der Waals surface area (Å²) in [5, 5.41) is 0. The molecular weight excluding hydrogens is 136 g/mol. The Bertz CT molecular complexity index is 107. The summed E-state index contributed by atoms with van der Waals surface area (Å²) in [6.45, 7) is 6.42. The van der Waals surface area contributed by atoms with E-state index in [2.05, 4.69) is 20.8 Å². The molecule has 0 bridgehead atoms. The van der Waals surface area contributed by atoms with Gasteiger partial charge in [0.15, 0.2) is 0 Å². The van der Waals surface area contributed by atoms with Gasteiger partial charge in [-0.1, -0.05) is 19.3 Å². The first-order valence-electron chi connectivity index (χ1n) is 4.76. The Labute approximate surface area is 70.1 Å². The van der Waals surface area contributed by atoms with E-state index in [9.17, 15) is 0 Å². The fourth-order valence-electron chi connectivity index (χ4n) is 1.68. The van der Waals surface area contributed by atoms with E-state index in [0.717, 1.165) is 0 Å². The highest BCUT2D eigenvalue weighted by Crippen LogP contribution is 2.24. The second kappa shape index (κ2) is 3.57. The third-order valence-corrected chi connectivity index (χ3v) is 2.07. The minimum Gasteiger partial charge on any atom is -0.373 e. The van der Waals surface area contributed by atoms with Crippen molar-refractivity contribution in [3.05, 3.63) is 0 Å². The lowest BCUT2D eigenvalue weighted by Gasteiger charge is -2.30. The number of hydrogen-bond acceptors (Lipinski definition) is 1. The minimum absolute atomic E-state index is 0.0575. The number of hydrogen-bond donors (Lipinski definition) is 0. The molecule has 0 atom stereocenters. The van der Waals surface area contributed by atoms with Crippen LogP contribution in [-0.2, 0) is 4.74 Å². The average molecular weight is 156 g/mol. The van der Waals surface area contributed by atoms with Crippen LogP contribution in [0.2, 0.25) is 0 Å².